The molecule has 1 saturated carbocycles. The topological polar surface area (TPSA) is 101 Å². The molecular formula is C20H36O5. The second-order valence-corrected chi connectivity index (χ2v) is 7.18. The van der Waals surface area contributed by atoms with Gasteiger partial charge in [0.05, 0.1) is 31.0 Å². The monoisotopic (exact) mass is 356 g/mol. The zero-order valence-corrected chi connectivity index (χ0v) is 15.4. The van der Waals surface area contributed by atoms with Crippen molar-refractivity contribution >= 4 is 0 Å². The molecule has 25 heavy (non-hydrogen) atoms. The Morgan fingerprint density at radius 2 is 1.80 bits per heavy atom. The summed E-state index contributed by atoms with van der Waals surface area (Å²) < 4.78 is 0. The summed E-state index contributed by atoms with van der Waals surface area (Å²) in [5, 5.41) is 48.4. The minimum atomic E-state index is -0.687. The maximum absolute atomic E-state index is 10.2. The van der Waals surface area contributed by atoms with Crippen LogP contribution in [0.5, 0.6) is 0 Å². The van der Waals surface area contributed by atoms with Gasteiger partial charge in [-0.15, -0.1) is 0 Å². The van der Waals surface area contributed by atoms with Crippen molar-refractivity contribution in [3.63, 3.8) is 0 Å². The van der Waals surface area contributed by atoms with Crippen molar-refractivity contribution < 1.29 is 25.5 Å². The summed E-state index contributed by atoms with van der Waals surface area (Å²) in [6, 6.07) is 0. The number of rotatable bonds is 12. The van der Waals surface area contributed by atoms with Gasteiger partial charge < -0.3 is 25.5 Å². The first-order valence-electron chi connectivity index (χ1n) is 9.66. The van der Waals surface area contributed by atoms with Crippen molar-refractivity contribution in [1.29, 1.82) is 0 Å². The van der Waals surface area contributed by atoms with Crippen molar-refractivity contribution in [2.45, 2.75) is 82.7 Å². The summed E-state index contributed by atoms with van der Waals surface area (Å²) in [7, 11) is 0. The van der Waals surface area contributed by atoms with Crippen molar-refractivity contribution in [3.05, 3.63) is 24.3 Å². The molecule has 0 saturated heterocycles. The Bertz CT molecular complexity index is 396. The van der Waals surface area contributed by atoms with Crippen LogP contribution in [-0.4, -0.2) is 56.6 Å². The van der Waals surface area contributed by atoms with Gasteiger partial charge in [0, 0.05) is 12.3 Å². The SMILES string of the molecule is CCCCC[C@H](O)C=C[C@@H]1[C@@H](CC=CCC[C@H](O)CO)[C@@H](O)C[C@H]1O. The molecule has 0 aliphatic heterocycles. The van der Waals surface area contributed by atoms with Gasteiger partial charge in [-0.1, -0.05) is 50.5 Å². The fourth-order valence-corrected chi connectivity index (χ4v) is 3.41. The summed E-state index contributed by atoms with van der Waals surface area (Å²) in [6.45, 7) is 1.90. The molecule has 0 radical (unpaired) electrons. The average molecular weight is 357 g/mol. The maximum Gasteiger partial charge on any atom is 0.0773 e. The van der Waals surface area contributed by atoms with E-state index in [0.717, 1.165) is 25.7 Å². The Kier molecular flexibility index (Phi) is 11.3. The van der Waals surface area contributed by atoms with E-state index in [1.54, 1.807) is 6.08 Å². The molecule has 0 amide bonds. The van der Waals surface area contributed by atoms with E-state index < -0.39 is 24.4 Å². The first kappa shape index (κ1) is 22.3. The van der Waals surface area contributed by atoms with Crippen LogP contribution in [0.4, 0.5) is 0 Å². The standard InChI is InChI=1S/C20H36O5/c1-2-3-5-8-15(22)11-12-18-17(19(24)13-20(18)25)10-7-4-6-9-16(23)14-21/h4,7,11-12,15-25H,2-3,5-6,8-10,13-14H2,1H3/t15-,16-,17+,18+,19-,20+/m0/s1. The van der Waals surface area contributed by atoms with Crippen LogP contribution >= 0.6 is 0 Å². The van der Waals surface area contributed by atoms with Crippen LogP contribution in [0.15, 0.2) is 24.3 Å². The highest BCUT2D eigenvalue weighted by atomic mass is 16.3. The van der Waals surface area contributed by atoms with Gasteiger partial charge >= 0.3 is 0 Å². The molecule has 1 fully saturated rings. The number of aliphatic hydroxyl groups is 5. The lowest BCUT2D eigenvalue weighted by molar-refractivity contribution is 0.0891. The number of aliphatic hydroxyl groups excluding tert-OH is 5. The third-order valence-corrected chi connectivity index (χ3v) is 5.03. The van der Waals surface area contributed by atoms with E-state index in [4.69, 9.17) is 5.11 Å². The molecule has 1 rings (SSSR count). The second-order valence-electron chi connectivity index (χ2n) is 7.18. The van der Waals surface area contributed by atoms with Crippen molar-refractivity contribution in [2.24, 2.45) is 11.8 Å². The lowest BCUT2D eigenvalue weighted by Gasteiger charge is -2.19. The van der Waals surface area contributed by atoms with Gasteiger partial charge in [0.15, 0.2) is 0 Å². The summed E-state index contributed by atoms with van der Waals surface area (Å²) in [5.41, 5.74) is 0. The molecule has 0 bridgehead atoms. The fourth-order valence-electron chi connectivity index (χ4n) is 3.41. The number of hydrogen-bond donors (Lipinski definition) is 5. The Labute approximate surface area is 151 Å². The van der Waals surface area contributed by atoms with Crippen LogP contribution in [-0.2, 0) is 0 Å². The second kappa shape index (κ2) is 12.6. The molecule has 6 atom stereocenters. The van der Waals surface area contributed by atoms with Gasteiger partial charge in [-0.3, -0.25) is 0 Å². The van der Waals surface area contributed by atoms with E-state index in [1.165, 1.54) is 0 Å². The molecule has 5 N–H and O–H groups in total. The van der Waals surface area contributed by atoms with Gasteiger partial charge in [-0.2, -0.15) is 0 Å². The Hall–Kier alpha value is -0.720. The molecule has 5 heteroatoms. The minimum Gasteiger partial charge on any atom is -0.394 e. The van der Waals surface area contributed by atoms with Gasteiger partial charge in [-0.05, 0) is 31.6 Å². The number of unbranched alkanes of at least 4 members (excludes halogenated alkanes) is 2. The molecule has 146 valence electrons. The lowest BCUT2D eigenvalue weighted by atomic mass is 9.89. The highest BCUT2D eigenvalue weighted by Crippen LogP contribution is 2.36. The first-order valence-corrected chi connectivity index (χ1v) is 9.66. The van der Waals surface area contributed by atoms with Crippen LogP contribution in [0.2, 0.25) is 0 Å². The van der Waals surface area contributed by atoms with E-state index in [9.17, 15) is 20.4 Å². The van der Waals surface area contributed by atoms with E-state index >= 15 is 0 Å². The van der Waals surface area contributed by atoms with Gasteiger partial charge in [0.2, 0.25) is 0 Å². The summed E-state index contributed by atoms with van der Waals surface area (Å²) in [4.78, 5) is 0. The van der Waals surface area contributed by atoms with Crippen LogP contribution in [0, 0.1) is 11.8 Å². The largest absolute Gasteiger partial charge is 0.394 e. The molecule has 0 unspecified atom stereocenters. The molecule has 0 spiro atoms. The van der Waals surface area contributed by atoms with Crippen molar-refractivity contribution in [3.8, 4) is 0 Å². The minimum absolute atomic E-state index is 0.0619. The van der Waals surface area contributed by atoms with Gasteiger partial charge in [-0.25, -0.2) is 0 Å². The molecule has 0 aromatic heterocycles. The highest BCUT2D eigenvalue weighted by molar-refractivity contribution is 5.06. The molecular weight excluding hydrogens is 320 g/mol. The molecule has 1 aliphatic rings. The van der Waals surface area contributed by atoms with Gasteiger partial charge in [0.1, 0.15) is 0 Å². The summed E-state index contributed by atoms with van der Waals surface area (Å²) in [5.74, 6) is -0.211. The molecule has 0 aromatic carbocycles. The summed E-state index contributed by atoms with van der Waals surface area (Å²) >= 11 is 0. The van der Waals surface area contributed by atoms with Crippen LogP contribution in [0.25, 0.3) is 0 Å². The molecule has 0 aromatic rings. The van der Waals surface area contributed by atoms with E-state index in [0.29, 0.717) is 25.7 Å². The number of allylic oxidation sites excluding steroid dienone is 2. The van der Waals surface area contributed by atoms with E-state index in [-0.39, 0.29) is 18.4 Å². The first-order chi connectivity index (χ1) is 12.0. The Balaban J connectivity index is 2.48. The van der Waals surface area contributed by atoms with Crippen LogP contribution in [0.3, 0.4) is 0 Å². The zero-order chi connectivity index (χ0) is 18.7. The maximum atomic E-state index is 10.2. The predicted molar refractivity (Wildman–Crippen MR) is 99.0 cm³/mol. The van der Waals surface area contributed by atoms with Crippen molar-refractivity contribution in [2.75, 3.05) is 6.61 Å². The molecule has 0 heterocycles. The Morgan fingerprint density at radius 1 is 1.04 bits per heavy atom. The number of hydrogen-bond acceptors (Lipinski definition) is 5. The predicted octanol–water partition coefficient (Wildman–Crippen LogP) is 1.92. The van der Waals surface area contributed by atoms with Crippen molar-refractivity contribution in [1.82, 2.24) is 0 Å². The Morgan fingerprint density at radius 3 is 2.48 bits per heavy atom. The average Bonchev–Trinajstić information content (AvgIpc) is 2.85. The summed E-state index contributed by atoms with van der Waals surface area (Å²) in [6.07, 6.45) is 11.4. The quantitative estimate of drug-likeness (QED) is 0.272. The third-order valence-electron chi connectivity index (χ3n) is 5.03. The highest BCUT2D eigenvalue weighted by Gasteiger charge is 2.39. The van der Waals surface area contributed by atoms with Crippen LogP contribution < -0.4 is 0 Å². The third kappa shape index (κ3) is 8.47. The fraction of sp³-hybridized carbons (Fsp3) is 0.800. The zero-order valence-electron chi connectivity index (χ0n) is 15.4. The van der Waals surface area contributed by atoms with E-state index in [1.807, 2.05) is 18.2 Å². The van der Waals surface area contributed by atoms with E-state index in [2.05, 4.69) is 6.92 Å². The van der Waals surface area contributed by atoms with Crippen LogP contribution in [0.1, 0.15) is 58.3 Å². The smallest absolute Gasteiger partial charge is 0.0773 e. The normalized spacial score (nSPS) is 29.7. The molecule has 5 nitrogen and oxygen atoms in total. The molecule has 1 aliphatic carbocycles. The van der Waals surface area contributed by atoms with Gasteiger partial charge in [0.25, 0.3) is 0 Å². The lowest BCUT2D eigenvalue weighted by Crippen LogP contribution is -2.20.